The molecule has 43 heavy (non-hydrogen) atoms. The molecule has 0 unspecified atom stereocenters. The Kier molecular flexibility index (Phi) is 5.20. The molecule has 0 amide bonds. The third-order valence-electron chi connectivity index (χ3n) is 8.48. The maximum absolute atomic E-state index is 6.92. The van der Waals surface area contributed by atoms with E-state index in [-0.39, 0.29) is 0 Å². The second kappa shape index (κ2) is 9.37. The van der Waals surface area contributed by atoms with Gasteiger partial charge in [-0.05, 0) is 45.1 Å². The average Bonchev–Trinajstić information content (AvgIpc) is 3.48. The average molecular weight is 549 g/mol. The number of nitrogens with zero attached hydrogens (tertiary/aromatic N) is 2. The molecule has 0 bridgehead atoms. The van der Waals surface area contributed by atoms with Crippen molar-refractivity contribution in [2.45, 2.75) is 0 Å². The van der Waals surface area contributed by atoms with Crippen LogP contribution in [0.5, 0.6) is 0 Å². The van der Waals surface area contributed by atoms with E-state index < -0.39 is 0 Å². The molecule has 0 aliphatic heterocycles. The van der Waals surface area contributed by atoms with Gasteiger partial charge in [-0.3, -0.25) is 0 Å². The zero-order valence-electron chi connectivity index (χ0n) is 23.2. The Balaban J connectivity index is 1.37. The molecule has 3 nitrogen and oxygen atoms in total. The summed E-state index contributed by atoms with van der Waals surface area (Å²) in [6.07, 6.45) is 0. The molecule has 9 rings (SSSR count). The predicted octanol–water partition coefficient (Wildman–Crippen LogP) is 10.8. The Morgan fingerprint density at radius 2 is 0.837 bits per heavy atom. The van der Waals surface area contributed by atoms with E-state index in [4.69, 9.17) is 14.4 Å². The maximum Gasteiger partial charge on any atom is 0.164 e. The Morgan fingerprint density at radius 1 is 0.372 bits per heavy atom. The fourth-order valence-corrected chi connectivity index (χ4v) is 6.50. The zero-order chi connectivity index (χ0) is 28.3. The van der Waals surface area contributed by atoms with Crippen molar-refractivity contribution in [2.75, 3.05) is 0 Å². The van der Waals surface area contributed by atoms with Crippen molar-refractivity contribution in [1.29, 1.82) is 0 Å². The lowest BCUT2D eigenvalue weighted by atomic mass is 9.93. The van der Waals surface area contributed by atoms with Crippen LogP contribution in [0.3, 0.4) is 0 Å². The molecule has 0 N–H and O–H groups in total. The third kappa shape index (κ3) is 3.68. The SMILES string of the molecule is c1ccc(-c2cc(-c3ccccc3)nc(-c3cccc4c3oc3c4ccc4c5ccccc5c5ccccc5c43)n2)cc1. The quantitative estimate of drug-likeness (QED) is 0.206. The van der Waals surface area contributed by atoms with Gasteiger partial charge in [0.05, 0.1) is 17.0 Å². The summed E-state index contributed by atoms with van der Waals surface area (Å²) in [7, 11) is 0. The van der Waals surface area contributed by atoms with Crippen LogP contribution in [0.1, 0.15) is 0 Å². The summed E-state index contributed by atoms with van der Waals surface area (Å²) in [5.74, 6) is 0.643. The topological polar surface area (TPSA) is 38.9 Å². The van der Waals surface area contributed by atoms with Crippen molar-refractivity contribution in [3.05, 3.63) is 146 Å². The Bertz CT molecular complexity index is 2400. The number of fused-ring (bicyclic) bond motifs is 10. The summed E-state index contributed by atoms with van der Waals surface area (Å²) in [6, 6.07) is 50.6. The Labute approximate surface area is 247 Å². The number of para-hydroxylation sites is 1. The van der Waals surface area contributed by atoms with E-state index in [9.17, 15) is 0 Å². The van der Waals surface area contributed by atoms with Gasteiger partial charge in [-0.2, -0.15) is 0 Å². The van der Waals surface area contributed by atoms with Crippen LogP contribution in [-0.2, 0) is 0 Å². The molecule has 7 aromatic carbocycles. The molecule has 2 aromatic heterocycles. The highest BCUT2D eigenvalue weighted by molar-refractivity contribution is 6.32. The highest BCUT2D eigenvalue weighted by atomic mass is 16.3. The van der Waals surface area contributed by atoms with E-state index in [1.165, 1.54) is 26.9 Å². The largest absolute Gasteiger partial charge is 0.455 e. The van der Waals surface area contributed by atoms with E-state index in [1.807, 2.05) is 36.4 Å². The van der Waals surface area contributed by atoms with Crippen LogP contribution in [-0.4, -0.2) is 9.97 Å². The minimum absolute atomic E-state index is 0.643. The van der Waals surface area contributed by atoms with Gasteiger partial charge >= 0.3 is 0 Å². The van der Waals surface area contributed by atoms with E-state index in [0.29, 0.717) is 5.82 Å². The lowest BCUT2D eigenvalue weighted by Crippen LogP contribution is -1.96. The standard InChI is InChI=1S/C40H24N2O/c1-3-12-25(13-4-1)35-24-36(26-14-5-2-6-15-26)42-40(41-35)34-21-11-20-32-33-23-22-31-29-18-8-7-16-27(29)28-17-9-10-19-30(28)37(31)39(33)43-38(32)34/h1-24H. The molecule has 3 heteroatoms. The van der Waals surface area contributed by atoms with Gasteiger partial charge in [0.15, 0.2) is 5.82 Å². The molecule has 2 heterocycles. The smallest absolute Gasteiger partial charge is 0.164 e. The summed E-state index contributed by atoms with van der Waals surface area (Å²) >= 11 is 0. The summed E-state index contributed by atoms with van der Waals surface area (Å²) in [5, 5.41) is 9.37. The van der Waals surface area contributed by atoms with Crippen molar-refractivity contribution < 1.29 is 4.42 Å². The second-order valence-electron chi connectivity index (χ2n) is 10.9. The van der Waals surface area contributed by atoms with E-state index in [2.05, 4.69) is 109 Å². The first-order chi connectivity index (χ1) is 21.3. The first kappa shape index (κ1) is 23.9. The number of furan rings is 1. The van der Waals surface area contributed by atoms with Crippen molar-refractivity contribution in [1.82, 2.24) is 9.97 Å². The summed E-state index contributed by atoms with van der Waals surface area (Å²) in [5.41, 5.74) is 6.41. The van der Waals surface area contributed by atoms with E-state index in [0.717, 1.165) is 55.4 Å². The van der Waals surface area contributed by atoms with E-state index in [1.54, 1.807) is 0 Å². The van der Waals surface area contributed by atoms with Crippen molar-refractivity contribution in [3.8, 4) is 33.9 Å². The van der Waals surface area contributed by atoms with Crippen LogP contribution in [0.2, 0.25) is 0 Å². The van der Waals surface area contributed by atoms with Gasteiger partial charge in [-0.15, -0.1) is 0 Å². The van der Waals surface area contributed by atoms with Crippen LogP contribution in [0.4, 0.5) is 0 Å². The zero-order valence-corrected chi connectivity index (χ0v) is 23.2. The van der Waals surface area contributed by atoms with Gasteiger partial charge in [0.2, 0.25) is 0 Å². The fourth-order valence-electron chi connectivity index (χ4n) is 6.50. The second-order valence-corrected chi connectivity index (χ2v) is 10.9. The minimum Gasteiger partial charge on any atom is -0.455 e. The highest BCUT2D eigenvalue weighted by Gasteiger charge is 2.20. The number of hydrogen-bond donors (Lipinski definition) is 0. The molecular formula is C40H24N2O. The van der Waals surface area contributed by atoms with Crippen LogP contribution in [0, 0.1) is 0 Å². The summed E-state index contributed by atoms with van der Waals surface area (Å²) < 4.78 is 6.92. The molecule has 0 fully saturated rings. The van der Waals surface area contributed by atoms with Crippen molar-refractivity contribution in [2.24, 2.45) is 0 Å². The summed E-state index contributed by atoms with van der Waals surface area (Å²) in [4.78, 5) is 10.2. The maximum atomic E-state index is 6.92. The monoisotopic (exact) mass is 548 g/mol. The first-order valence-electron chi connectivity index (χ1n) is 14.5. The number of benzene rings is 7. The molecule has 0 saturated carbocycles. The van der Waals surface area contributed by atoms with Crippen LogP contribution in [0.15, 0.2) is 150 Å². The predicted molar refractivity (Wildman–Crippen MR) is 178 cm³/mol. The molecule has 9 aromatic rings. The van der Waals surface area contributed by atoms with Gasteiger partial charge in [0, 0.05) is 27.3 Å². The minimum atomic E-state index is 0.643. The van der Waals surface area contributed by atoms with Crippen LogP contribution < -0.4 is 0 Å². The molecule has 0 aliphatic rings. The van der Waals surface area contributed by atoms with Crippen LogP contribution in [0.25, 0.3) is 88.2 Å². The number of aromatic nitrogens is 2. The normalized spacial score (nSPS) is 11.7. The first-order valence-corrected chi connectivity index (χ1v) is 14.5. The van der Waals surface area contributed by atoms with Gasteiger partial charge < -0.3 is 4.42 Å². The molecule has 0 aliphatic carbocycles. The summed E-state index contributed by atoms with van der Waals surface area (Å²) in [6.45, 7) is 0. The third-order valence-corrected chi connectivity index (χ3v) is 8.48. The number of hydrogen-bond acceptors (Lipinski definition) is 3. The molecule has 0 atom stereocenters. The van der Waals surface area contributed by atoms with E-state index >= 15 is 0 Å². The Morgan fingerprint density at radius 3 is 1.47 bits per heavy atom. The fraction of sp³-hybridized carbons (Fsp3) is 0. The molecule has 0 radical (unpaired) electrons. The van der Waals surface area contributed by atoms with Crippen LogP contribution >= 0.6 is 0 Å². The van der Waals surface area contributed by atoms with Gasteiger partial charge in [-0.1, -0.05) is 127 Å². The van der Waals surface area contributed by atoms with Gasteiger partial charge in [0.25, 0.3) is 0 Å². The van der Waals surface area contributed by atoms with Gasteiger partial charge in [-0.25, -0.2) is 9.97 Å². The lowest BCUT2D eigenvalue weighted by molar-refractivity contribution is 0.673. The number of rotatable bonds is 3. The molecule has 200 valence electrons. The molecule has 0 spiro atoms. The Hall–Kier alpha value is -5.80. The highest BCUT2D eigenvalue weighted by Crippen LogP contribution is 2.43. The van der Waals surface area contributed by atoms with Crippen molar-refractivity contribution >= 4 is 54.3 Å². The molecular weight excluding hydrogens is 524 g/mol. The van der Waals surface area contributed by atoms with Crippen molar-refractivity contribution in [3.63, 3.8) is 0 Å². The lowest BCUT2D eigenvalue weighted by Gasteiger charge is -2.10. The molecule has 0 saturated heterocycles. The van der Waals surface area contributed by atoms with Gasteiger partial charge in [0.1, 0.15) is 11.2 Å².